The summed E-state index contributed by atoms with van der Waals surface area (Å²) in [5.41, 5.74) is 0.355. The van der Waals surface area contributed by atoms with Gasteiger partial charge in [-0.1, -0.05) is 32.4 Å². The van der Waals surface area contributed by atoms with Crippen LogP contribution in [0.15, 0.2) is 29.4 Å². The van der Waals surface area contributed by atoms with E-state index in [1.165, 1.54) is 4.88 Å². The summed E-state index contributed by atoms with van der Waals surface area (Å²) in [5.74, 6) is 0.165. The normalized spacial score (nSPS) is 17.3. The maximum atomic E-state index is 13.2. The molecule has 6 nitrogen and oxygen atoms in total. The molecule has 2 aromatic rings. The van der Waals surface area contributed by atoms with Crippen LogP contribution in [0, 0.1) is 0 Å². The quantitative estimate of drug-likeness (QED) is 0.512. The van der Waals surface area contributed by atoms with Gasteiger partial charge >= 0.3 is 0 Å². The third-order valence-corrected chi connectivity index (χ3v) is 6.94. The minimum Gasteiger partial charge on any atom is -0.493 e. The molecule has 0 bridgehead atoms. The van der Waals surface area contributed by atoms with E-state index in [-0.39, 0.29) is 17.4 Å². The third kappa shape index (κ3) is 6.91. The molecule has 1 amide bonds. The SMILES string of the molecule is CN(C)CCCOc1ccc(Cl)cc1C(=O)/N=c1\sc(C(C)(C)C)cn1C[C@H]1CCCO1. The second-order valence-electron chi connectivity index (χ2n) is 9.48. The van der Waals surface area contributed by atoms with Crippen molar-refractivity contribution in [1.29, 1.82) is 0 Å². The molecular weight excluding hydrogens is 446 g/mol. The van der Waals surface area contributed by atoms with Crippen LogP contribution < -0.4 is 9.54 Å². The van der Waals surface area contributed by atoms with Crippen molar-refractivity contribution >= 4 is 28.8 Å². The molecule has 1 atom stereocenters. The second-order valence-corrected chi connectivity index (χ2v) is 10.9. The lowest BCUT2D eigenvalue weighted by atomic mass is 9.95. The van der Waals surface area contributed by atoms with Crippen molar-refractivity contribution in [3.05, 3.63) is 44.7 Å². The van der Waals surface area contributed by atoms with Gasteiger partial charge in [0, 0.05) is 29.2 Å². The highest BCUT2D eigenvalue weighted by Crippen LogP contribution is 2.26. The average Bonchev–Trinajstić information content (AvgIpc) is 3.36. The van der Waals surface area contributed by atoms with Crippen LogP contribution in [0.3, 0.4) is 0 Å². The molecule has 176 valence electrons. The summed E-state index contributed by atoms with van der Waals surface area (Å²) in [7, 11) is 4.05. The molecular formula is C24H34ClN3O3S. The van der Waals surface area contributed by atoms with Gasteiger partial charge in [-0.05, 0) is 57.0 Å². The van der Waals surface area contributed by atoms with Crippen LogP contribution in [-0.2, 0) is 16.7 Å². The number of amides is 1. The van der Waals surface area contributed by atoms with E-state index in [4.69, 9.17) is 21.1 Å². The number of benzene rings is 1. The number of carbonyl (C=O) groups is 1. The number of rotatable bonds is 8. The van der Waals surface area contributed by atoms with Crippen molar-refractivity contribution in [2.75, 3.05) is 33.9 Å². The Labute approximate surface area is 199 Å². The Hall–Kier alpha value is -1.67. The molecule has 0 unspecified atom stereocenters. The minimum atomic E-state index is -0.349. The predicted octanol–water partition coefficient (Wildman–Crippen LogP) is 4.75. The van der Waals surface area contributed by atoms with E-state index in [0.29, 0.717) is 34.3 Å². The number of carbonyl (C=O) groups excluding carboxylic acids is 1. The first kappa shape index (κ1) is 25.0. The molecule has 1 saturated heterocycles. The number of aromatic nitrogens is 1. The summed E-state index contributed by atoms with van der Waals surface area (Å²) < 4.78 is 13.8. The summed E-state index contributed by atoms with van der Waals surface area (Å²) in [6.45, 7) is 9.42. The van der Waals surface area contributed by atoms with E-state index in [9.17, 15) is 4.79 Å². The highest BCUT2D eigenvalue weighted by Gasteiger charge is 2.22. The smallest absolute Gasteiger partial charge is 0.283 e. The molecule has 1 aliphatic rings. The van der Waals surface area contributed by atoms with Crippen LogP contribution in [0.2, 0.25) is 5.02 Å². The van der Waals surface area contributed by atoms with Crippen molar-refractivity contribution in [3.8, 4) is 5.75 Å². The summed E-state index contributed by atoms with van der Waals surface area (Å²) in [6.07, 6.45) is 5.23. The maximum Gasteiger partial charge on any atom is 0.283 e. The first-order chi connectivity index (χ1) is 15.1. The van der Waals surface area contributed by atoms with Crippen LogP contribution in [0.1, 0.15) is 55.3 Å². The van der Waals surface area contributed by atoms with E-state index in [1.807, 2.05) is 14.1 Å². The van der Waals surface area contributed by atoms with Crippen LogP contribution in [0.4, 0.5) is 0 Å². The minimum absolute atomic E-state index is 0.0312. The number of ether oxygens (including phenoxy) is 2. The van der Waals surface area contributed by atoms with Crippen LogP contribution >= 0.6 is 22.9 Å². The van der Waals surface area contributed by atoms with Gasteiger partial charge in [0.05, 0.1) is 24.8 Å². The van der Waals surface area contributed by atoms with Gasteiger partial charge < -0.3 is 18.9 Å². The lowest BCUT2D eigenvalue weighted by molar-refractivity contribution is 0.0948. The molecule has 1 aromatic heterocycles. The van der Waals surface area contributed by atoms with E-state index in [1.54, 1.807) is 29.5 Å². The molecule has 32 heavy (non-hydrogen) atoms. The van der Waals surface area contributed by atoms with Gasteiger partial charge in [-0.15, -0.1) is 11.3 Å². The number of nitrogens with zero attached hydrogens (tertiary/aromatic N) is 3. The molecule has 0 aliphatic carbocycles. The van der Waals surface area contributed by atoms with Gasteiger partial charge in [-0.3, -0.25) is 4.79 Å². The van der Waals surface area contributed by atoms with Crippen molar-refractivity contribution in [1.82, 2.24) is 9.47 Å². The van der Waals surface area contributed by atoms with Gasteiger partial charge in [0.2, 0.25) is 0 Å². The number of halogens is 1. The molecule has 2 heterocycles. The zero-order chi connectivity index (χ0) is 23.3. The average molecular weight is 480 g/mol. The fourth-order valence-corrected chi connectivity index (χ4v) is 4.69. The fraction of sp³-hybridized carbons (Fsp3) is 0.583. The van der Waals surface area contributed by atoms with Gasteiger partial charge in [-0.2, -0.15) is 4.99 Å². The molecule has 8 heteroatoms. The van der Waals surface area contributed by atoms with Crippen LogP contribution in [0.25, 0.3) is 0 Å². The molecule has 1 fully saturated rings. The molecule has 3 rings (SSSR count). The molecule has 0 radical (unpaired) electrons. The molecule has 0 spiro atoms. The zero-order valence-corrected chi connectivity index (χ0v) is 21.3. The predicted molar refractivity (Wildman–Crippen MR) is 130 cm³/mol. The van der Waals surface area contributed by atoms with Gasteiger partial charge in [0.25, 0.3) is 5.91 Å². The lowest BCUT2D eigenvalue weighted by Gasteiger charge is -2.15. The second kappa shape index (κ2) is 11.0. The fourth-order valence-electron chi connectivity index (χ4n) is 3.46. The first-order valence-corrected chi connectivity index (χ1v) is 12.3. The van der Waals surface area contributed by atoms with E-state index in [2.05, 4.69) is 41.4 Å². The molecule has 0 N–H and O–H groups in total. The molecule has 0 saturated carbocycles. The monoisotopic (exact) mass is 479 g/mol. The van der Waals surface area contributed by atoms with Crippen LogP contribution in [0.5, 0.6) is 5.75 Å². The Kier molecular flexibility index (Phi) is 8.55. The Morgan fingerprint density at radius 1 is 1.38 bits per heavy atom. The van der Waals surface area contributed by atoms with Crippen molar-refractivity contribution in [2.24, 2.45) is 4.99 Å². The van der Waals surface area contributed by atoms with Crippen molar-refractivity contribution in [2.45, 2.75) is 58.1 Å². The van der Waals surface area contributed by atoms with E-state index < -0.39 is 0 Å². The topological polar surface area (TPSA) is 56.1 Å². The van der Waals surface area contributed by atoms with E-state index >= 15 is 0 Å². The molecule has 1 aliphatic heterocycles. The summed E-state index contributed by atoms with van der Waals surface area (Å²) >= 11 is 7.75. The Morgan fingerprint density at radius 3 is 2.81 bits per heavy atom. The third-order valence-electron chi connectivity index (χ3n) is 5.26. The van der Waals surface area contributed by atoms with Crippen molar-refractivity contribution < 1.29 is 14.3 Å². The molecule has 1 aromatic carbocycles. The van der Waals surface area contributed by atoms with Gasteiger partial charge in [0.15, 0.2) is 4.80 Å². The summed E-state index contributed by atoms with van der Waals surface area (Å²) in [5, 5.41) is 0.484. The van der Waals surface area contributed by atoms with E-state index in [0.717, 1.165) is 32.4 Å². The number of thiazole rings is 1. The standard InChI is InChI=1S/C24H34ClN3O3S/c1-24(2,3)21-16-28(15-18-8-6-12-30-18)23(32-21)26-22(29)19-14-17(25)9-10-20(19)31-13-7-11-27(4)5/h9-10,14,16,18H,6-8,11-13,15H2,1-5H3/b26-23-/t18-/m1/s1. The number of hydrogen-bond acceptors (Lipinski definition) is 5. The van der Waals surface area contributed by atoms with Crippen molar-refractivity contribution in [3.63, 3.8) is 0 Å². The van der Waals surface area contributed by atoms with Gasteiger partial charge in [-0.25, -0.2) is 0 Å². The Morgan fingerprint density at radius 2 is 2.16 bits per heavy atom. The zero-order valence-electron chi connectivity index (χ0n) is 19.7. The summed E-state index contributed by atoms with van der Waals surface area (Å²) in [4.78, 5) is 21.7. The van der Waals surface area contributed by atoms with Gasteiger partial charge in [0.1, 0.15) is 5.75 Å². The first-order valence-electron chi connectivity index (χ1n) is 11.1. The largest absolute Gasteiger partial charge is 0.493 e. The van der Waals surface area contributed by atoms with Crippen LogP contribution in [-0.4, -0.2) is 55.3 Å². The highest BCUT2D eigenvalue weighted by molar-refractivity contribution is 7.09. The summed E-state index contributed by atoms with van der Waals surface area (Å²) in [6, 6.07) is 5.12. The Bertz CT molecular complexity index is 985. The highest BCUT2D eigenvalue weighted by atomic mass is 35.5. The lowest BCUT2D eigenvalue weighted by Crippen LogP contribution is -2.23. The number of hydrogen-bond donors (Lipinski definition) is 0. The maximum absolute atomic E-state index is 13.2. The Balaban J connectivity index is 1.89.